The van der Waals surface area contributed by atoms with Crippen LogP contribution in [0.2, 0.25) is 0 Å². The normalized spacial score (nSPS) is 10.1. The van der Waals surface area contributed by atoms with Crippen molar-refractivity contribution in [2.75, 3.05) is 14.2 Å². The molecule has 0 amide bonds. The number of aromatic nitrogens is 2. The van der Waals surface area contributed by atoms with Crippen LogP contribution in [0.5, 0.6) is 34.9 Å². The van der Waals surface area contributed by atoms with Crippen LogP contribution in [0.3, 0.4) is 0 Å². The van der Waals surface area contributed by atoms with E-state index >= 15 is 0 Å². The molecule has 24 heavy (non-hydrogen) atoms. The second-order valence-corrected chi connectivity index (χ2v) is 4.73. The predicted molar refractivity (Wildman–Crippen MR) is 88.2 cm³/mol. The number of benzene rings is 2. The third kappa shape index (κ3) is 3.92. The van der Waals surface area contributed by atoms with E-state index in [1.54, 1.807) is 62.9 Å². The quantitative estimate of drug-likeness (QED) is 0.681. The zero-order valence-corrected chi connectivity index (χ0v) is 13.3. The van der Waals surface area contributed by atoms with Gasteiger partial charge in [0.15, 0.2) is 0 Å². The molecule has 1 heterocycles. The number of ether oxygens (including phenoxy) is 4. The summed E-state index contributed by atoms with van der Waals surface area (Å²) in [5, 5.41) is 0. The van der Waals surface area contributed by atoms with Crippen molar-refractivity contribution in [2.24, 2.45) is 0 Å². The average molecular weight is 324 g/mol. The summed E-state index contributed by atoms with van der Waals surface area (Å²) in [6, 6.07) is 16.2. The van der Waals surface area contributed by atoms with Gasteiger partial charge >= 0.3 is 6.01 Å². The summed E-state index contributed by atoms with van der Waals surface area (Å²) < 4.78 is 21.5. The summed E-state index contributed by atoms with van der Waals surface area (Å²) in [5.74, 6) is 3.15. The second kappa shape index (κ2) is 7.32. The number of nitrogens with zero attached hydrogens (tertiary/aromatic N) is 2. The zero-order chi connectivity index (χ0) is 16.8. The highest BCUT2D eigenvalue weighted by Crippen LogP contribution is 2.25. The SMILES string of the molecule is COc1ccc(Oc2ccnc(Oc3ccc(OC)cc3)n2)cc1. The lowest BCUT2D eigenvalue weighted by atomic mass is 10.3. The molecule has 6 heteroatoms. The molecule has 0 aliphatic rings. The standard InChI is InChI=1S/C18H16N2O4/c1-21-13-3-7-15(8-4-13)23-17-11-12-19-18(20-17)24-16-9-5-14(22-2)6-10-16/h3-12H,1-2H3. The molecule has 0 fully saturated rings. The summed E-state index contributed by atoms with van der Waals surface area (Å²) in [6.07, 6.45) is 1.57. The first-order valence-electron chi connectivity index (χ1n) is 7.24. The second-order valence-electron chi connectivity index (χ2n) is 4.73. The molecule has 0 N–H and O–H groups in total. The first-order chi connectivity index (χ1) is 11.8. The molecule has 0 aliphatic heterocycles. The molecular formula is C18H16N2O4. The molecule has 0 saturated carbocycles. The van der Waals surface area contributed by atoms with Crippen LogP contribution in [0.4, 0.5) is 0 Å². The minimum absolute atomic E-state index is 0.200. The van der Waals surface area contributed by atoms with Gasteiger partial charge in [0, 0.05) is 12.3 Å². The van der Waals surface area contributed by atoms with E-state index in [1.165, 1.54) is 0 Å². The van der Waals surface area contributed by atoms with Gasteiger partial charge in [0.1, 0.15) is 23.0 Å². The number of rotatable bonds is 6. The molecule has 122 valence electrons. The topological polar surface area (TPSA) is 62.7 Å². The monoisotopic (exact) mass is 324 g/mol. The molecule has 6 nitrogen and oxygen atoms in total. The molecule has 0 saturated heterocycles. The molecule has 0 aliphatic carbocycles. The Labute approximate surface area is 139 Å². The smallest absolute Gasteiger partial charge is 0.325 e. The van der Waals surface area contributed by atoms with E-state index in [9.17, 15) is 0 Å². The fourth-order valence-electron chi connectivity index (χ4n) is 1.94. The molecule has 0 spiro atoms. The third-order valence-electron chi connectivity index (χ3n) is 3.16. The summed E-state index contributed by atoms with van der Waals surface area (Å²) in [6.45, 7) is 0. The summed E-state index contributed by atoms with van der Waals surface area (Å²) in [5.41, 5.74) is 0. The maximum absolute atomic E-state index is 5.69. The Kier molecular flexibility index (Phi) is 4.76. The largest absolute Gasteiger partial charge is 0.497 e. The molecule has 1 aromatic heterocycles. The molecule has 2 aromatic carbocycles. The molecule has 0 radical (unpaired) electrons. The van der Waals surface area contributed by atoms with Crippen molar-refractivity contribution in [2.45, 2.75) is 0 Å². The average Bonchev–Trinajstić information content (AvgIpc) is 2.63. The van der Waals surface area contributed by atoms with Crippen molar-refractivity contribution >= 4 is 0 Å². The Morgan fingerprint density at radius 2 is 1.12 bits per heavy atom. The van der Waals surface area contributed by atoms with Gasteiger partial charge in [-0.05, 0) is 48.5 Å². The van der Waals surface area contributed by atoms with Gasteiger partial charge < -0.3 is 18.9 Å². The Hall–Kier alpha value is -3.28. The fraction of sp³-hybridized carbons (Fsp3) is 0.111. The van der Waals surface area contributed by atoms with Crippen LogP contribution in [-0.2, 0) is 0 Å². The minimum Gasteiger partial charge on any atom is -0.497 e. The highest BCUT2D eigenvalue weighted by molar-refractivity contribution is 5.34. The van der Waals surface area contributed by atoms with E-state index in [0.717, 1.165) is 11.5 Å². The van der Waals surface area contributed by atoms with Crippen molar-refractivity contribution in [3.8, 4) is 34.9 Å². The van der Waals surface area contributed by atoms with Crippen molar-refractivity contribution < 1.29 is 18.9 Å². The lowest BCUT2D eigenvalue weighted by molar-refractivity contribution is 0.401. The molecule has 0 bridgehead atoms. The Morgan fingerprint density at radius 1 is 0.625 bits per heavy atom. The fourth-order valence-corrected chi connectivity index (χ4v) is 1.94. The van der Waals surface area contributed by atoms with Crippen molar-refractivity contribution in [3.05, 3.63) is 60.8 Å². The predicted octanol–water partition coefficient (Wildman–Crippen LogP) is 4.08. The number of methoxy groups -OCH3 is 2. The Bertz CT molecular complexity index is 724. The molecule has 3 aromatic rings. The van der Waals surface area contributed by atoms with E-state index in [0.29, 0.717) is 17.4 Å². The lowest BCUT2D eigenvalue weighted by Crippen LogP contribution is -1.94. The van der Waals surface area contributed by atoms with E-state index in [2.05, 4.69) is 9.97 Å². The first-order valence-corrected chi connectivity index (χ1v) is 7.24. The van der Waals surface area contributed by atoms with Gasteiger partial charge in [0.25, 0.3) is 0 Å². The maximum atomic E-state index is 5.69. The Morgan fingerprint density at radius 3 is 1.67 bits per heavy atom. The van der Waals surface area contributed by atoms with Crippen LogP contribution < -0.4 is 18.9 Å². The van der Waals surface area contributed by atoms with Gasteiger partial charge in [-0.25, -0.2) is 4.98 Å². The number of hydrogen-bond acceptors (Lipinski definition) is 6. The van der Waals surface area contributed by atoms with Crippen molar-refractivity contribution in [3.63, 3.8) is 0 Å². The van der Waals surface area contributed by atoms with E-state index in [1.807, 2.05) is 12.1 Å². The van der Waals surface area contributed by atoms with Crippen LogP contribution in [0.15, 0.2) is 60.8 Å². The Balaban J connectivity index is 1.70. The van der Waals surface area contributed by atoms with Crippen LogP contribution in [0.25, 0.3) is 0 Å². The van der Waals surface area contributed by atoms with Gasteiger partial charge in [0.05, 0.1) is 14.2 Å². The van der Waals surface area contributed by atoms with E-state index in [4.69, 9.17) is 18.9 Å². The highest BCUT2D eigenvalue weighted by atomic mass is 16.5. The molecule has 3 rings (SSSR count). The molecule has 0 unspecified atom stereocenters. The van der Waals surface area contributed by atoms with Gasteiger partial charge in [-0.1, -0.05) is 0 Å². The van der Waals surface area contributed by atoms with Gasteiger partial charge in [-0.2, -0.15) is 4.98 Å². The van der Waals surface area contributed by atoms with Crippen LogP contribution in [0.1, 0.15) is 0 Å². The summed E-state index contributed by atoms with van der Waals surface area (Å²) in [7, 11) is 3.22. The summed E-state index contributed by atoms with van der Waals surface area (Å²) >= 11 is 0. The number of hydrogen-bond donors (Lipinski definition) is 0. The van der Waals surface area contributed by atoms with Crippen LogP contribution >= 0.6 is 0 Å². The zero-order valence-electron chi connectivity index (χ0n) is 13.3. The lowest BCUT2D eigenvalue weighted by Gasteiger charge is -2.08. The van der Waals surface area contributed by atoms with Gasteiger partial charge in [-0.3, -0.25) is 0 Å². The van der Waals surface area contributed by atoms with Crippen LogP contribution in [-0.4, -0.2) is 24.2 Å². The van der Waals surface area contributed by atoms with E-state index in [-0.39, 0.29) is 6.01 Å². The summed E-state index contributed by atoms with van der Waals surface area (Å²) in [4.78, 5) is 8.31. The van der Waals surface area contributed by atoms with Crippen molar-refractivity contribution in [1.29, 1.82) is 0 Å². The first kappa shape index (κ1) is 15.6. The highest BCUT2D eigenvalue weighted by Gasteiger charge is 2.05. The minimum atomic E-state index is 0.200. The molecule has 0 atom stereocenters. The maximum Gasteiger partial charge on any atom is 0.325 e. The van der Waals surface area contributed by atoms with Gasteiger partial charge in [0.2, 0.25) is 5.88 Å². The third-order valence-corrected chi connectivity index (χ3v) is 3.16. The van der Waals surface area contributed by atoms with Gasteiger partial charge in [-0.15, -0.1) is 0 Å². The van der Waals surface area contributed by atoms with Crippen molar-refractivity contribution in [1.82, 2.24) is 9.97 Å². The molecular weight excluding hydrogens is 308 g/mol. The van der Waals surface area contributed by atoms with E-state index < -0.39 is 0 Å². The van der Waals surface area contributed by atoms with Crippen LogP contribution in [0, 0.1) is 0 Å².